The molecule has 3 heterocycles. The van der Waals surface area contributed by atoms with Crippen LogP contribution in [-0.4, -0.2) is 15.3 Å². The van der Waals surface area contributed by atoms with Crippen LogP contribution in [0, 0.1) is 6.92 Å². The number of carbonyl (C=O) groups excluding carboxylic acids is 1. The van der Waals surface area contributed by atoms with Crippen molar-refractivity contribution in [1.82, 2.24) is 14.7 Å². The molecule has 0 aliphatic carbocycles. The number of hydrogen-bond donors (Lipinski definition) is 1. The molecule has 0 bridgehead atoms. The number of imidazole rings is 1. The third-order valence-electron chi connectivity index (χ3n) is 4.26. The number of nitrogens with zero attached hydrogens (tertiary/aromatic N) is 2. The van der Waals surface area contributed by atoms with Gasteiger partial charge >= 0.3 is 0 Å². The van der Waals surface area contributed by atoms with Gasteiger partial charge in [-0.05, 0) is 55.5 Å². The summed E-state index contributed by atoms with van der Waals surface area (Å²) in [4.78, 5) is 16.8. The van der Waals surface area contributed by atoms with Gasteiger partial charge in [0.25, 0.3) is 5.91 Å². The van der Waals surface area contributed by atoms with Gasteiger partial charge < -0.3 is 18.9 Å². The van der Waals surface area contributed by atoms with E-state index < -0.39 is 0 Å². The maximum absolute atomic E-state index is 12.3. The number of ether oxygens (including phenoxy) is 1. The van der Waals surface area contributed by atoms with Crippen LogP contribution >= 0.6 is 15.9 Å². The summed E-state index contributed by atoms with van der Waals surface area (Å²) in [7, 11) is 0. The van der Waals surface area contributed by atoms with Crippen LogP contribution in [0.4, 0.5) is 0 Å². The Hall–Kier alpha value is -3.06. The quantitative estimate of drug-likeness (QED) is 0.479. The lowest BCUT2D eigenvalue weighted by molar-refractivity contribution is 0.0918. The Morgan fingerprint density at radius 3 is 2.79 bits per heavy atom. The third-order valence-corrected chi connectivity index (χ3v) is 4.78. The highest BCUT2D eigenvalue weighted by Gasteiger charge is 2.12. The van der Waals surface area contributed by atoms with Crippen LogP contribution in [0.15, 0.2) is 69.7 Å². The Morgan fingerprint density at radius 1 is 1.18 bits per heavy atom. The molecule has 0 aliphatic rings. The Balaban J connectivity index is 1.34. The largest absolute Gasteiger partial charge is 0.486 e. The summed E-state index contributed by atoms with van der Waals surface area (Å²) in [6.07, 6.45) is 1.92. The highest BCUT2D eigenvalue weighted by atomic mass is 79.9. The second-order valence-electron chi connectivity index (χ2n) is 6.32. The van der Waals surface area contributed by atoms with Crippen molar-refractivity contribution in [3.63, 3.8) is 0 Å². The second kappa shape index (κ2) is 7.90. The number of halogens is 1. The van der Waals surface area contributed by atoms with Crippen LogP contribution in [0.1, 0.15) is 27.7 Å². The van der Waals surface area contributed by atoms with Crippen molar-refractivity contribution in [2.75, 3.05) is 0 Å². The zero-order valence-corrected chi connectivity index (χ0v) is 16.8. The standard InChI is InChI=1S/C21H18BrN3O3/c1-14-3-2-4-20-24-16(12-25(14)20)11-23-21(26)19-10-9-18(28-19)13-27-17-7-5-15(22)6-8-17/h2-10,12H,11,13H2,1H3,(H,23,26). The van der Waals surface area contributed by atoms with Gasteiger partial charge in [-0.2, -0.15) is 0 Å². The number of benzene rings is 1. The zero-order valence-electron chi connectivity index (χ0n) is 15.2. The summed E-state index contributed by atoms with van der Waals surface area (Å²) in [5.74, 6) is 1.27. The van der Waals surface area contributed by atoms with Crippen molar-refractivity contribution in [3.8, 4) is 5.75 Å². The highest BCUT2D eigenvalue weighted by Crippen LogP contribution is 2.18. The van der Waals surface area contributed by atoms with Gasteiger partial charge in [-0.3, -0.25) is 4.79 Å². The molecule has 6 nitrogen and oxygen atoms in total. The van der Waals surface area contributed by atoms with Crippen LogP contribution in [0.2, 0.25) is 0 Å². The van der Waals surface area contributed by atoms with Crippen LogP contribution < -0.4 is 10.1 Å². The molecule has 0 spiro atoms. The van der Waals surface area contributed by atoms with Crippen molar-refractivity contribution in [2.45, 2.75) is 20.1 Å². The van der Waals surface area contributed by atoms with Gasteiger partial charge in [0, 0.05) is 16.4 Å². The molecule has 1 aromatic carbocycles. The molecule has 4 rings (SSSR count). The molecule has 0 saturated heterocycles. The number of pyridine rings is 1. The van der Waals surface area contributed by atoms with Gasteiger partial charge in [0.2, 0.25) is 0 Å². The lowest BCUT2D eigenvalue weighted by Gasteiger charge is -2.04. The number of aromatic nitrogens is 2. The summed E-state index contributed by atoms with van der Waals surface area (Å²) in [6.45, 7) is 2.59. The van der Waals surface area contributed by atoms with E-state index in [1.54, 1.807) is 12.1 Å². The first kappa shape index (κ1) is 18.3. The van der Waals surface area contributed by atoms with Crippen molar-refractivity contribution in [3.05, 3.63) is 88.2 Å². The minimum Gasteiger partial charge on any atom is -0.486 e. The fourth-order valence-corrected chi connectivity index (χ4v) is 3.07. The van der Waals surface area contributed by atoms with E-state index in [0.717, 1.165) is 27.3 Å². The minimum atomic E-state index is -0.288. The summed E-state index contributed by atoms with van der Waals surface area (Å²) < 4.78 is 14.2. The fourth-order valence-electron chi connectivity index (χ4n) is 2.80. The average molecular weight is 440 g/mol. The lowest BCUT2D eigenvalue weighted by Crippen LogP contribution is -2.22. The molecule has 3 aromatic heterocycles. The maximum Gasteiger partial charge on any atom is 0.287 e. The van der Waals surface area contributed by atoms with E-state index >= 15 is 0 Å². The van der Waals surface area contributed by atoms with Gasteiger partial charge in [0.1, 0.15) is 23.8 Å². The first-order valence-electron chi connectivity index (χ1n) is 8.77. The summed E-state index contributed by atoms with van der Waals surface area (Å²) in [5.41, 5.74) is 2.73. The molecule has 0 unspecified atom stereocenters. The molecule has 4 aromatic rings. The molecular weight excluding hydrogens is 422 g/mol. The predicted octanol–water partition coefficient (Wildman–Crippen LogP) is 4.51. The van der Waals surface area contributed by atoms with E-state index in [2.05, 4.69) is 26.2 Å². The van der Waals surface area contributed by atoms with E-state index in [9.17, 15) is 4.79 Å². The average Bonchev–Trinajstić information content (AvgIpc) is 3.33. The SMILES string of the molecule is Cc1cccc2nc(CNC(=O)c3ccc(COc4ccc(Br)cc4)o3)cn12. The number of nitrogens with one attached hydrogen (secondary N) is 1. The van der Waals surface area contributed by atoms with Gasteiger partial charge in [0.15, 0.2) is 5.76 Å². The van der Waals surface area contributed by atoms with E-state index in [1.807, 2.05) is 60.0 Å². The molecule has 142 valence electrons. The first-order valence-corrected chi connectivity index (χ1v) is 9.57. The predicted molar refractivity (Wildman–Crippen MR) is 108 cm³/mol. The fraction of sp³-hybridized carbons (Fsp3) is 0.143. The van der Waals surface area contributed by atoms with Crippen LogP contribution in [-0.2, 0) is 13.2 Å². The summed E-state index contributed by atoms with van der Waals surface area (Å²) in [5, 5.41) is 2.83. The molecule has 28 heavy (non-hydrogen) atoms. The van der Waals surface area contributed by atoms with Gasteiger partial charge in [-0.25, -0.2) is 4.98 Å². The zero-order chi connectivity index (χ0) is 19.5. The van der Waals surface area contributed by atoms with Gasteiger partial charge in [-0.1, -0.05) is 22.0 Å². The van der Waals surface area contributed by atoms with Gasteiger partial charge in [0.05, 0.1) is 12.2 Å². The van der Waals surface area contributed by atoms with Crippen molar-refractivity contribution in [2.24, 2.45) is 0 Å². The smallest absolute Gasteiger partial charge is 0.287 e. The first-order chi connectivity index (χ1) is 13.6. The number of fused-ring (bicyclic) bond motifs is 1. The Labute approximate surface area is 170 Å². The van der Waals surface area contributed by atoms with Crippen LogP contribution in [0.3, 0.4) is 0 Å². The van der Waals surface area contributed by atoms with Crippen molar-refractivity contribution >= 4 is 27.5 Å². The maximum atomic E-state index is 12.3. The number of amides is 1. The third kappa shape index (κ3) is 4.09. The molecule has 1 amide bonds. The Bertz CT molecular complexity index is 1120. The summed E-state index contributed by atoms with van der Waals surface area (Å²) in [6, 6.07) is 16.8. The molecule has 1 N–H and O–H groups in total. The van der Waals surface area contributed by atoms with E-state index in [4.69, 9.17) is 9.15 Å². The van der Waals surface area contributed by atoms with Crippen molar-refractivity contribution < 1.29 is 13.9 Å². The number of furan rings is 1. The normalized spacial score (nSPS) is 10.9. The van der Waals surface area contributed by atoms with Crippen LogP contribution in [0.5, 0.6) is 5.75 Å². The number of hydrogen-bond acceptors (Lipinski definition) is 4. The molecule has 7 heteroatoms. The molecule has 0 aliphatic heterocycles. The monoisotopic (exact) mass is 439 g/mol. The molecule has 0 atom stereocenters. The van der Waals surface area contributed by atoms with E-state index in [0.29, 0.717) is 12.3 Å². The molecule has 0 saturated carbocycles. The van der Waals surface area contributed by atoms with E-state index in [1.165, 1.54) is 0 Å². The lowest BCUT2D eigenvalue weighted by atomic mass is 10.3. The number of carbonyl (C=O) groups is 1. The number of rotatable bonds is 6. The summed E-state index contributed by atoms with van der Waals surface area (Å²) >= 11 is 3.38. The Kier molecular flexibility index (Phi) is 5.16. The molecular formula is C21H18BrN3O3. The minimum absolute atomic E-state index is 0.245. The van der Waals surface area contributed by atoms with Gasteiger partial charge in [-0.15, -0.1) is 0 Å². The number of aryl methyl sites for hydroxylation is 1. The van der Waals surface area contributed by atoms with Crippen molar-refractivity contribution in [1.29, 1.82) is 0 Å². The molecule has 0 fully saturated rings. The highest BCUT2D eigenvalue weighted by molar-refractivity contribution is 9.10. The molecule has 0 radical (unpaired) electrons. The van der Waals surface area contributed by atoms with E-state index in [-0.39, 0.29) is 18.3 Å². The Morgan fingerprint density at radius 2 is 2.00 bits per heavy atom. The topological polar surface area (TPSA) is 68.8 Å². The second-order valence-corrected chi connectivity index (χ2v) is 7.23. The van der Waals surface area contributed by atoms with Crippen LogP contribution in [0.25, 0.3) is 5.65 Å².